The minimum absolute atomic E-state index is 0.207. The summed E-state index contributed by atoms with van der Waals surface area (Å²) >= 11 is 3.43. The number of halogens is 1. The van der Waals surface area contributed by atoms with Crippen LogP contribution in [0.4, 0.5) is 0 Å². The monoisotopic (exact) mass is 294 g/mol. The highest BCUT2D eigenvalue weighted by molar-refractivity contribution is 9.10. The van der Waals surface area contributed by atoms with Crippen molar-refractivity contribution >= 4 is 21.9 Å². The van der Waals surface area contributed by atoms with Gasteiger partial charge in [0.2, 0.25) is 0 Å². The van der Waals surface area contributed by atoms with Gasteiger partial charge >= 0.3 is 5.97 Å². The number of carboxylic acid groups (broad SMARTS) is 1. The molecule has 0 saturated heterocycles. The SMILES string of the molecule is Cc1cc(C(=O)O)n(Cc2ccccc2Br)n1. The molecule has 5 heteroatoms. The topological polar surface area (TPSA) is 55.1 Å². The normalized spacial score (nSPS) is 10.5. The summed E-state index contributed by atoms with van der Waals surface area (Å²) in [5, 5.41) is 13.2. The van der Waals surface area contributed by atoms with Crippen molar-refractivity contribution in [3.63, 3.8) is 0 Å². The van der Waals surface area contributed by atoms with Crippen molar-refractivity contribution < 1.29 is 9.90 Å². The first-order valence-electron chi connectivity index (χ1n) is 5.09. The van der Waals surface area contributed by atoms with Crippen molar-refractivity contribution in [2.24, 2.45) is 0 Å². The Hall–Kier alpha value is -1.62. The summed E-state index contributed by atoms with van der Waals surface area (Å²) in [6.45, 7) is 2.22. The quantitative estimate of drug-likeness (QED) is 0.947. The highest BCUT2D eigenvalue weighted by atomic mass is 79.9. The van der Waals surface area contributed by atoms with Crippen molar-refractivity contribution in [1.82, 2.24) is 9.78 Å². The number of benzene rings is 1. The lowest BCUT2D eigenvalue weighted by molar-refractivity contribution is 0.0684. The van der Waals surface area contributed by atoms with Crippen LogP contribution >= 0.6 is 15.9 Å². The van der Waals surface area contributed by atoms with Gasteiger partial charge in [0.25, 0.3) is 0 Å². The number of hydrogen-bond acceptors (Lipinski definition) is 2. The molecule has 0 saturated carbocycles. The summed E-state index contributed by atoms with van der Waals surface area (Å²) in [6.07, 6.45) is 0. The van der Waals surface area contributed by atoms with E-state index in [9.17, 15) is 4.79 Å². The number of carbonyl (C=O) groups is 1. The number of nitrogens with zero attached hydrogens (tertiary/aromatic N) is 2. The Morgan fingerprint density at radius 2 is 2.18 bits per heavy atom. The van der Waals surface area contributed by atoms with Gasteiger partial charge in [0, 0.05) is 4.47 Å². The van der Waals surface area contributed by atoms with E-state index in [0.717, 1.165) is 10.0 Å². The minimum atomic E-state index is -0.961. The van der Waals surface area contributed by atoms with Gasteiger partial charge in [-0.3, -0.25) is 4.68 Å². The van der Waals surface area contributed by atoms with Crippen molar-refractivity contribution in [3.8, 4) is 0 Å². The van der Waals surface area contributed by atoms with Crippen LogP contribution in [-0.4, -0.2) is 20.9 Å². The summed E-state index contributed by atoms with van der Waals surface area (Å²) in [7, 11) is 0. The lowest BCUT2D eigenvalue weighted by Crippen LogP contribution is -2.11. The number of aromatic carboxylic acids is 1. The molecule has 0 radical (unpaired) electrons. The largest absolute Gasteiger partial charge is 0.477 e. The van der Waals surface area contributed by atoms with Crippen LogP contribution in [0, 0.1) is 6.92 Å². The average molecular weight is 295 g/mol. The Morgan fingerprint density at radius 1 is 1.47 bits per heavy atom. The molecule has 0 aliphatic rings. The molecule has 0 aliphatic carbocycles. The van der Waals surface area contributed by atoms with Crippen LogP contribution in [0.25, 0.3) is 0 Å². The zero-order valence-corrected chi connectivity index (χ0v) is 10.8. The highest BCUT2D eigenvalue weighted by Gasteiger charge is 2.13. The number of rotatable bonds is 3. The van der Waals surface area contributed by atoms with Gasteiger partial charge in [0.1, 0.15) is 5.69 Å². The third kappa shape index (κ3) is 2.55. The highest BCUT2D eigenvalue weighted by Crippen LogP contribution is 2.18. The van der Waals surface area contributed by atoms with Gasteiger partial charge in [-0.25, -0.2) is 4.79 Å². The van der Waals surface area contributed by atoms with Crippen LogP contribution in [0.2, 0.25) is 0 Å². The second kappa shape index (κ2) is 4.71. The van der Waals surface area contributed by atoms with Crippen LogP contribution in [0.1, 0.15) is 21.7 Å². The van der Waals surface area contributed by atoms with Crippen molar-refractivity contribution in [2.75, 3.05) is 0 Å². The Balaban J connectivity index is 2.36. The number of aromatic nitrogens is 2. The molecule has 2 rings (SSSR count). The predicted molar refractivity (Wildman–Crippen MR) is 67.2 cm³/mol. The first-order chi connectivity index (χ1) is 8.08. The molecule has 0 aliphatic heterocycles. The molecule has 1 N–H and O–H groups in total. The zero-order valence-electron chi connectivity index (χ0n) is 9.22. The molecule has 0 unspecified atom stereocenters. The molecule has 0 fully saturated rings. The standard InChI is InChI=1S/C12H11BrN2O2/c1-8-6-11(12(16)17)15(14-8)7-9-4-2-3-5-10(9)13/h2-6H,7H2,1H3,(H,16,17). The number of carboxylic acids is 1. The summed E-state index contributed by atoms with van der Waals surface area (Å²) in [4.78, 5) is 11.0. The van der Waals surface area contributed by atoms with E-state index in [1.807, 2.05) is 24.3 Å². The fraction of sp³-hybridized carbons (Fsp3) is 0.167. The number of aryl methyl sites for hydroxylation is 1. The third-order valence-corrected chi connectivity index (χ3v) is 3.17. The Kier molecular flexibility index (Phi) is 3.28. The van der Waals surface area contributed by atoms with Crippen molar-refractivity contribution in [2.45, 2.75) is 13.5 Å². The number of hydrogen-bond donors (Lipinski definition) is 1. The van der Waals surface area contributed by atoms with Crippen LogP contribution in [-0.2, 0) is 6.54 Å². The van der Waals surface area contributed by atoms with E-state index in [1.54, 1.807) is 13.0 Å². The van der Waals surface area contributed by atoms with E-state index < -0.39 is 5.97 Å². The van der Waals surface area contributed by atoms with Crippen LogP contribution < -0.4 is 0 Å². The lowest BCUT2D eigenvalue weighted by atomic mass is 10.2. The second-order valence-corrected chi connectivity index (χ2v) is 4.58. The summed E-state index contributed by atoms with van der Waals surface area (Å²) in [5.41, 5.74) is 1.91. The van der Waals surface area contributed by atoms with E-state index >= 15 is 0 Å². The third-order valence-electron chi connectivity index (χ3n) is 2.40. The smallest absolute Gasteiger partial charge is 0.354 e. The van der Waals surface area contributed by atoms with Crippen molar-refractivity contribution in [3.05, 3.63) is 51.8 Å². The van der Waals surface area contributed by atoms with Gasteiger partial charge < -0.3 is 5.11 Å². The fourth-order valence-corrected chi connectivity index (χ4v) is 2.04. The van der Waals surface area contributed by atoms with Crippen LogP contribution in [0.3, 0.4) is 0 Å². The first kappa shape index (κ1) is 11.9. The molecule has 2 aromatic rings. The maximum Gasteiger partial charge on any atom is 0.354 e. The van der Waals surface area contributed by atoms with Crippen LogP contribution in [0.5, 0.6) is 0 Å². The predicted octanol–water partition coefficient (Wildman–Crippen LogP) is 2.70. The molecule has 1 heterocycles. The molecule has 0 bridgehead atoms. The van der Waals surface area contributed by atoms with E-state index in [1.165, 1.54) is 4.68 Å². The molecule has 0 spiro atoms. The molecular weight excluding hydrogens is 284 g/mol. The van der Waals surface area contributed by atoms with Gasteiger partial charge in [0.15, 0.2) is 0 Å². The molecule has 0 atom stereocenters. The maximum absolute atomic E-state index is 11.0. The molecular formula is C12H11BrN2O2. The summed E-state index contributed by atoms with van der Waals surface area (Å²) in [6, 6.07) is 9.26. The molecule has 1 aromatic heterocycles. The molecule has 0 amide bonds. The van der Waals surface area contributed by atoms with E-state index in [0.29, 0.717) is 12.2 Å². The zero-order chi connectivity index (χ0) is 12.4. The molecule has 4 nitrogen and oxygen atoms in total. The van der Waals surface area contributed by atoms with Gasteiger partial charge in [-0.15, -0.1) is 0 Å². The van der Waals surface area contributed by atoms with E-state index in [2.05, 4.69) is 21.0 Å². The van der Waals surface area contributed by atoms with Crippen LogP contribution in [0.15, 0.2) is 34.8 Å². The van der Waals surface area contributed by atoms with Gasteiger partial charge in [-0.2, -0.15) is 5.10 Å². The summed E-state index contributed by atoms with van der Waals surface area (Å²) < 4.78 is 2.45. The second-order valence-electron chi connectivity index (χ2n) is 3.73. The van der Waals surface area contributed by atoms with Gasteiger partial charge in [0.05, 0.1) is 12.2 Å². The van der Waals surface area contributed by atoms with Gasteiger partial charge in [-0.05, 0) is 24.6 Å². The molecule has 17 heavy (non-hydrogen) atoms. The fourth-order valence-electron chi connectivity index (χ4n) is 1.63. The average Bonchev–Trinajstić information content (AvgIpc) is 2.63. The lowest BCUT2D eigenvalue weighted by Gasteiger charge is -2.06. The Bertz CT molecular complexity index is 563. The maximum atomic E-state index is 11.0. The Labute approximate surface area is 107 Å². The molecule has 1 aromatic carbocycles. The molecule has 88 valence electrons. The van der Waals surface area contributed by atoms with E-state index in [-0.39, 0.29) is 5.69 Å². The first-order valence-corrected chi connectivity index (χ1v) is 5.88. The minimum Gasteiger partial charge on any atom is -0.477 e. The summed E-state index contributed by atoms with van der Waals surface area (Å²) in [5.74, 6) is -0.961. The van der Waals surface area contributed by atoms with E-state index in [4.69, 9.17) is 5.11 Å². The van der Waals surface area contributed by atoms with Crippen molar-refractivity contribution in [1.29, 1.82) is 0 Å². The van der Waals surface area contributed by atoms with Gasteiger partial charge in [-0.1, -0.05) is 34.1 Å². The Morgan fingerprint density at radius 3 is 2.82 bits per heavy atom.